The van der Waals surface area contributed by atoms with Crippen molar-refractivity contribution in [3.05, 3.63) is 0 Å². The van der Waals surface area contributed by atoms with Crippen LogP contribution < -0.4 is 0 Å². The van der Waals surface area contributed by atoms with Gasteiger partial charge < -0.3 is 15.1 Å². The SMILES string of the molecule is CC(C(=O)O)N1CCC2(CC(O)C2)C1=O. The number of hydrogen-bond donors (Lipinski definition) is 2. The third kappa shape index (κ3) is 1.42. The molecule has 1 aliphatic carbocycles. The first kappa shape index (κ1) is 10.4. The zero-order chi connectivity index (χ0) is 11.2. The summed E-state index contributed by atoms with van der Waals surface area (Å²) in [4.78, 5) is 24.1. The number of carbonyl (C=O) groups is 2. The number of aliphatic carboxylic acids is 1. The fourth-order valence-electron chi connectivity index (χ4n) is 2.57. The Balaban J connectivity index is 2.08. The molecule has 1 unspecified atom stereocenters. The van der Waals surface area contributed by atoms with Crippen LogP contribution in [-0.4, -0.2) is 45.7 Å². The van der Waals surface area contributed by atoms with Gasteiger partial charge in [-0.3, -0.25) is 4.79 Å². The first-order valence-corrected chi connectivity index (χ1v) is 5.18. The lowest BCUT2D eigenvalue weighted by atomic mass is 9.66. The largest absolute Gasteiger partial charge is 0.480 e. The Kier molecular flexibility index (Phi) is 2.22. The second-order valence-electron chi connectivity index (χ2n) is 4.61. The smallest absolute Gasteiger partial charge is 0.326 e. The second-order valence-corrected chi connectivity index (χ2v) is 4.61. The topological polar surface area (TPSA) is 77.8 Å². The van der Waals surface area contributed by atoms with Crippen LogP contribution in [0.25, 0.3) is 0 Å². The number of nitrogens with zero attached hydrogens (tertiary/aromatic N) is 1. The summed E-state index contributed by atoms with van der Waals surface area (Å²) < 4.78 is 0. The van der Waals surface area contributed by atoms with Crippen LogP contribution in [0, 0.1) is 5.41 Å². The molecule has 2 N–H and O–H groups in total. The van der Waals surface area contributed by atoms with Gasteiger partial charge in [-0.05, 0) is 26.2 Å². The quantitative estimate of drug-likeness (QED) is 0.667. The molecule has 1 spiro atoms. The molecule has 1 amide bonds. The number of amides is 1. The zero-order valence-corrected chi connectivity index (χ0v) is 8.64. The second kappa shape index (κ2) is 3.20. The molecule has 0 aromatic rings. The zero-order valence-electron chi connectivity index (χ0n) is 8.64. The van der Waals surface area contributed by atoms with Crippen LogP contribution in [0.4, 0.5) is 0 Å². The molecule has 5 nitrogen and oxygen atoms in total. The molecule has 1 saturated heterocycles. The van der Waals surface area contributed by atoms with Crippen LogP contribution in [0.15, 0.2) is 0 Å². The van der Waals surface area contributed by atoms with E-state index in [9.17, 15) is 14.7 Å². The number of likely N-dealkylation sites (tertiary alicyclic amines) is 1. The van der Waals surface area contributed by atoms with Crippen molar-refractivity contribution >= 4 is 11.9 Å². The fraction of sp³-hybridized carbons (Fsp3) is 0.800. The standard InChI is InChI=1S/C10H15NO4/c1-6(8(13)14)11-3-2-10(9(11)15)4-7(12)5-10/h6-7,12H,2-5H2,1H3,(H,13,14). The molecule has 0 aromatic heterocycles. The number of aliphatic hydroxyl groups excluding tert-OH is 1. The Bertz CT molecular complexity index is 309. The van der Waals surface area contributed by atoms with Crippen molar-refractivity contribution in [3.63, 3.8) is 0 Å². The van der Waals surface area contributed by atoms with E-state index in [0.717, 1.165) is 0 Å². The number of hydrogen-bond acceptors (Lipinski definition) is 3. The minimum Gasteiger partial charge on any atom is -0.480 e. The van der Waals surface area contributed by atoms with Crippen LogP contribution in [0.3, 0.4) is 0 Å². The molecule has 1 aliphatic heterocycles. The third-order valence-corrected chi connectivity index (χ3v) is 3.62. The van der Waals surface area contributed by atoms with E-state index in [1.54, 1.807) is 0 Å². The predicted molar refractivity (Wildman–Crippen MR) is 51.1 cm³/mol. The van der Waals surface area contributed by atoms with Crippen LogP contribution in [-0.2, 0) is 9.59 Å². The summed E-state index contributed by atoms with van der Waals surface area (Å²) in [5, 5.41) is 18.1. The molecule has 15 heavy (non-hydrogen) atoms. The van der Waals surface area contributed by atoms with Gasteiger partial charge in [-0.25, -0.2) is 4.79 Å². The summed E-state index contributed by atoms with van der Waals surface area (Å²) in [6.07, 6.45) is 1.29. The first-order chi connectivity index (χ1) is 6.96. The van der Waals surface area contributed by atoms with Crippen molar-refractivity contribution in [2.45, 2.75) is 38.3 Å². The number of rotatable bonds is 2. The summed E-state index contributed by atoms with van der Waals surface area (Å²) in [5.41, 5.74) is -0.441. The molecule has 1 saturated carbocycles. The molecular weight excluding hydrogens is 198 g/mol. The highest BCUT2D eigenvalue weighted by Gasteiger charge is 2.55. The van der Waals surface area contributed by atoms with Crippen molar-refractivity contribution in [2.24, 2.45) is 5.41 Å². The molecule has 84 valence electrons. The Morgan fingerprint density at radius 3 is 2.67 bits per heavy atom. The van der Waals surface area contributed by atoms with Crippen molar-refractivity contribution in [2.75, 3.05) is 6.54 Å². The van der Waals surface area contributed by atoms with Gasteiger partial charge in [-0.15, -0.1) is 0 Å². The van der Waals surface area contributed by atoms with Crippen molar-refractivity contribution < 1.29 is 19.8 Å². The molecule has 2 aliphatic rings. The minimum absolute atomic E-state index is 0.0947. The Labute approximate surface area is 87.7 Å². The monoisotopic (exact) mass is 213 g/mol. The molecule has 2 fully saturated rings. The van der Waals surface area contributed by atoms with Crippen LogP contribution >= 0.6 is 0 Å². The van der Waals surface area contributed by atoms with Gasteiger partial charge in [0, 0.05) is 6.54 Å². The Morgan fingerprint density at radius 1 is 1.60 bits per heavy atom. The number of carboxylic acids is 1. The Hall–Kier alpha value is -1.10. The first-order valence-electron chi connectivity index (χ1n) is 5.18. The van der Waals surface area contributed by atoms with E-state index in [2.05, 4.69) is 0 Å². The van der Waals surface area contributed by atoms with Crippen LogP contribution in [0.1, 0.15) is 26.2 Å². The maximum Gasteiger partial charge on any atom is 0.326 e. The summed E-state index contributed by atoms with van der Waals surface area (Å²) in [6.45, 7) is 2.02. The van der Waals surface area contributed by atoms with E-state index in [1.807, 2.05) is 0 Å². The number of aliphatic hydroxyl groups is 1. The molecule has 0 radical (unpaired) electrons. The molecule has 0 aromatic carbocycles. The van der Waals surface area contributed by atoms with E-state index in [0.29, 0.717) is 25.8 Å². The van der Waals surface area contributed by atoms with Crippen molar-refractivity contribution in [1.29, 1.82) is 0 Å². The number of carboxylic acid groups (broad SMARTS) is 1. The fourth-order valence-corrected chi connectivity index (χ4v) is 2.57. The van der Waals surface area contributed by atoms with Gasteiger partial charge >= 0.3 is 5.97 Å². The van der Waals surface area contributed by atoms with Gasteiger partial charge in [0.15, 0.2) is 0 Å². The highest BCUT2D eigenvalue weighted by molar-refractivity contribution is 5.90. The molecular formula is C10H15NO4. The lowest BCUT2D eigenvalue weighted by Gasteiger charge is -2.40. The summed E-state index contributed by atoms with van der Waals surface area (Å²) in [5.74, 6) is -1.07. The summed E-state index contributed by atoms with van der Waals surface area (Å²) in [6, 6.07) is -0.755. The van der Waals surface area contributed by atoms with E-state index in [4.69, 9.17) is 5.11 Å². The van der Waals surface area contributed by atoms with E-state index < -0.39 is 17.4 Å². The predicted octanol–water partition coefficient (Wildman–Crippen LogP) is -0.167. The molecule has 5 heteroatoms. The summed E-state index contributed by atoms with van der Waals surface area (Å²) in [7, 11) is 0. The highest BCUT2D eigenvalue weighted by atomic mass is 16.4. The lowest BCUT2D eigenvalue weighted by Crippen LogP contribution is -2.49. The lowest BCUT2D eigenvalue weighted by molar-refractivity contribution is -0.155. The summed E-state index contributed by atoms with van der Waals surface area (Å²) >= 11 is 0. The maximum atomic E-state index is 12.0. The molecule has 2 rings (SSSR count). The van der Waals surface area contributed by atoms with E-state index >= 15 is 0 Å². The number of carbonyl (C=O) groups excluding carboxylic acids is 1. The van der Waals surface area contributed by atoms with E-state index in [1.165, 1.54) is 11.8 Å². The molecule has 1 heterocycles. The van der Waals surface area contributed by atoms with Gasteiger partial charge in [-0.2, -0.15) is 0 Å². The van der Waals surface area contributed by atoms with Gasteiger partial charge in [-0.1, -0.05) is 0 Å². The van der Waals surface area contributed by atoms with Gasteiger partial charge in [0.05, 0.1) is 11.5 Å². The van der Waals surface area contributed by atoms with Gasteiger partial charge in [0.25, 0.3) is 0 Å². The van der Waals surface area contributed by atoms with Gasteiger partial charge in [0.1, 0.15) is 6.04 Å². The third-order valence-electron chi connectivity index (χ3n) is 3.62. The van der Waals surface area contributed by atoms with Crippen molar-refractivity contribution in [1.82, 2.24) is 4.90 Å². The average molecular weight is 213 g/mol. The molecule has 1 atom stereocenters. The van der Waals surface area contributed by atoms with Gasteiger partial charge in [0.2, 0.25) is 5.91 Å². The highest BCUT2D eigenvalue weighted by Crippen LogP contribution is 2.49. The molecule has 0 bridgehead atoms. The van der Waals surface area contributed by atoms with Crippen LogP contribution in [0.2, 0.25) is 0 Å². The maximum absolute atomic E-state index is 12.0. The Morgan fingerprint density at radius 2 is 2.20 bits per heavy atom. The van der Waals surface area contributed by atoms with E-state index in [-0.39, 0.29) is 12.0 Å². The average Bonchev–Trinajstić information content (AvgIpc) is 2.43. The van der Waals surface area contributed by atoms with Crippen molar-refractivity contribution in [3.8, 4) is 0 Å². The minimum atomic E-state index is -0.972. The normalized spacial score (nSPS) is 36.8. The van der Waals surface area contributed by atoms with Crippen LogP contribution in [0.5, 0.6) is 0 Å².